The lowest BCUT2D eigenvalue weighted by Crippen LogP contribution is -2.41. The highest BCUT2D eigenvalue weighted by molar-refractivity contribution is 7.88. The van der Waals surface area contributed by atoms with Crippen molar-refractivity contribution >= 4 is 15.9 Å². The van der Waals surface area contributed by atoms with Gasteiger partial charge in [0.15, 0.2) is 0 Å². The number of piperidine rings is 1. The van der Waals surface area contributed by atoms with Gasteiger partial charge in [-0.2, -0.15) is 0 Å². The second kappa shape index (κ2) is 9.56. The molecule has 1 aliphatic heterocycles. The minimum Gasteiger partial charge on any atom is -0.489 e. The molecule has 0 atom stereocenters. The summed E-state index contributed by atoms with van der Waals surface area (Å²) >= 11 is 0. The van der Waals surface area contributed by atoms with Crippen molar-refractivity contribution in [1.82, 2.24) is 9.62 Å². The van der Waals surface area contributed by atoms with Crippen molar-refractivity contribution in [1.29, 1.82) is 0 Å². The summed E-state index contributed by atoms with van der Waals surface area (Å²) in [5.74, 6) is 0.440. The molecule has 0 radical (unpaired) electrons. The second-order valence-electron chi connectivity index (χ2n) is 7.59. The first-order valence-corrected chi connectivity index (χ1v) is 12.0. The molecule has 3 rings (SSSR count). The van der Waals surface area contributed by atoms with Crippen LogP contribution >= 0.6 is 0 Å². The van der Waals surface area contributed by atoms with E-state index in [9.17, 15) is 13.2 Å². The summed E-state index contributed by atoms with van der Waals surface area (Å²) in [5.41, 5.74) is 1.97. The Kier molecular flexibility index (Phi) is 7.13. The number of carbonyl (C=O) groups excluding carboxylic acids is 1. The molecule has 1 heterocycles. The van der Waals surface area contributed by atoms with Crippen LogP contribution in [0.3, 0.4) is 0 Å². The number of benzene rings is 1. The number of hydrogen-bond acceptors (Lipinski definition) is 4. The number of ether oxygens (including phenoxy) is 1. The van der Waals surface area contributed by atoms with Gasteiger partial charge in [0.1, 0.15) is 11.9 Å². The Bertz CT molecular complexity index is 811. The van der Waals surface area contributed by atoms with Crippen molar-refractivity contribution in [3.8, 4) is 5.75 Å². The molecule has 28 heavy (non-hydrogen) atoms. The lowest BCUT2D eigenvalue weighted by atomic mass is 9.97. The number of rotatable bonds is 7. The SMILES string of the molecule is CS(=O)(=O)N1CCC(Oc2ccccc2C(=O)NCCC2=CCCCC2)CC1. The van der Waals surface area contributed by atoms with Crippen molar-refractivity contribution in [2.45, 2.75) is 51.0 Å². The molecule has 6 nitrogen and oxygen atoms in total. The Labute approximate surface area is 168 Å². The first-order valence-electron chi connectivity index (χ1n) is 10.1. The van der Waals surface area contributed by atoms with Gasteiger partial charge in [-0.3, -0.25) is 4.79 Å². The maximum atomic E-state index is 12.6. The quantitative estimate of drug-likeness (QED) is 0.706. The number of nitrogens with one attached hydrogen (secondary N) is 1. The summed E-state index contributed by atoms with van der Waals surface area (Å²) < 4.78 is 30.8. The predicted octanol–water partition coefficient (Wildman–Crippen LogP) is 3.11. The Morgan fingerprint density at radius 2 is 1.96 bits per heavy atom. The number of sulfonamides is 1. The smallest absolute Gasteiger partial charge is 0.255 e. The van der Waals surface area contributed by atoms with Crippen LogP contribution in [-0.2, 0) is 10.0 Å². The van der Waals surface area contributed by atoms with Gasteiger partial charge in [0, 0.05) is 19.6 Å². The third kappa shape index (κ3) is 5.82. The lowest BCUT2D eigenvalue weighted by Gasteiger charge is -2.30. The number of nitrogens with zero attached hydrogens (tertiary/aromatic N) is 1. The summed E-state index contributed by atoms with van der Waals surface area (Å²) in [6.07, 6.45) is 10.4. The third-order valence-corrected chi connectivity index (χ3v) is 6.72. The van der Waals surface area contributed by atoms with Gasteiger partial charge in [-0.05, 0) is 57.1 Å². The van der Waals surface area contributed by atoms with Crippen LogP contribution < -0.4 is 10.1 Å². The summed E-state index contributed by atoms with van der Waals surface area (Å²) in [6, 6.07) is 7.26. The largest absolute Gasteiger partial charge is 0.489 e. The lowest BCUT2D eigenvalue weighted by molar-refractivity contribution is 0.0939. The molecular formula is C21H30N2O4S. The van der Waals surface area contributed by atoms with Gasteiger partial charge in [-0.1, -0.05) is 23.8 Å². The van der Waals surface area contributed by atoms with Crippen LogP contribution in [0, 0.1) is 0 Å². The van der Waals surface area contributed by atoms with Crippen molar-refractivity contribution in [3.05, 3.63) is 41.5 Å². The average Bonchev–Trinajstić information content (AvgIpc) is 2.69. The van der Waals surface area contributed by atoms with Crippen molar-refractivity contribution < 1.29 is 17.9 Å². The Hall–Kier alpha value is -1.86. The van der Waals surface area contributed by atoms with E-state index in [2.05, 4.69) is 11.4 Å². The van der Waals surface area contributed by atoms with E-state index in [0.717, 1.165) is 19.3 Å². The summed E-state index contributed by atoms with van der Waals surface area (Å²) in [5, 5.41) is 3.00. The monoisotopic (exact) mass is 406 g/mol. The Morgan fingerprint density at radius 1 is 1.21 bits per heavy atom. The molecule has 0 saturated carbocycles. The van der Waals surface area contributed by atoms with Gasteiger partial charge in [-0.15, -0.1) is 0 Å². The van der Waals surface area contributed by atoms with E-state index in [0.29, 0.717) is 43.8 Å². The van der Waals surface area contributed by atoms with E-state index in [-0.39, 0.29) is 12.0 Å². The Morgan fingerprint density at radius 3 is 2.64 bits per heavy atom. The minimum atomic E-state index is -3.15. The van der Waals surface area contributed by atoms with Gasteiger partial charge in [0.2, 0.25) is 10.0 Å². The maximum absolute atomic E-state index is 12.6. The first kappa shape index (κ1) is 20.9. The van der Waals surface area contributed by atoms with Crippen molar-refractivity contribution in [3.63, 3.8) is 0 Å². The average molecular weight is 407 g/mol. The van der Waals surface area contributed by atoms with Gasteiger partial charge in [0.05, 0.1) is 11.8 Å². The highest BCUT2D eigenvalue weighted by Gasteiger charge is 2.26. The zero-order chi connectivity index (χ0) is 20.0. The van der Waals surface area contributed by atoms with Crippen LogP contribution in [-0.4, -0.2) is 50.6 Å². The van der Waals surface area contributed by atoms with E-state index < -0.39 is 10.0 Å². The molecule has 0 spiro atoms. The molecular weight excluding hydrogens is 376 g/mol. The number of hydrogen-bond donors (Lipinski definition) is 1. The zero-order valence-corrected chi connectivity index (χ0v) is 17.3. The van der Waals surface area contributed by atoms with E-state index in [1.165, 1.54) is 29.0 Å². The van der Waals surface area contributed by atoms with E-state index >= 15 is 0 Å². The molecule has 1 amide bonds. The fourth-order valence-corrected chi connectivity index (χ4v) is 4.66. The molecule has 1 aromatic carbocycles. The fourth-order valence-electron chi connectivity index (χ4n) is 3.78. The van der Waals surface area contributed by atoms with Crippen molar-refractivity contribution in [2.24, 2.45) is 0 Å². The van der Waals surface area contributed by atoms with E-state index in [4.69, 9.17) is 4.74 Å². The summed E-state index contributed by atoms with van der Waals surface area (Å²) in [7, 11) is -3.15. The zero-order valence-electron chi connectivity index (χ0n) is 16.5. The molecule has 0 bridgehead atoms. The molecule has 1 aromatic rings. The minimum absolute atomic E-state index is 0.0839. The number of para-hydroxylation sites is 1. The fraction of sp³-hybridized carbons (Fsp3) is 0.571. The molecule has 7 heteroatoms. The van der Waals surface area contributed by atoms with Crippen LogP contribution in [0.25, 0.3) is 0 Å². The highest BCUT2D eigenvalue weighted by atomic mass is 32.2. The van der Waals surface area contributed by atoms with Crippen LogP contribution in [0.4, 0.5) is 0 Å². The van der Waals surface area contributed by atoms with Gasteiger partial charge >= 0.3 is 0 Å². The summed E-state index contributed by atoms with van der Waals surface area (Å²) in [4.78, 5) is 12.6. The summed E-state index contributed by atoms with van der Waals surface area (Å²) in [6.45, 7) is 1.53. The third-order valence-electron chi connectivity index (χ3n) is 5.41. The number of amides is 1. The van der Waals surface area contributed by atoms with Crippen LogP contribution in [0.1, 0.15) is 55.3 Å². The van der Waals surface area contributed by atoms with Crippen LogP contribution in [0.15, 0.2) is 35.9 Å². The van der Waals surface area contributed by atoms with Gasteiger partial charge in [-0.25, -0.2) is 12.7 Å². The topological polar surface area (TPSA) is 75.7 Å². The molecule has 2 aliphatic rings. The molecule has 0 aromatic heterocycles. The molecule has 1 saturated heterocycles. The van der Waals surface area contributed by atoms with Crippen molar-refractivity contribution in [2.75, 3.05) is 25.9 Å². The predicted molar refractivity (Wildman–Crippen MR) is 110 cm³/mol. The molecule has 154 valence electrons. The van der Waals surface area contributed by atoms with Crippen LogP contribution in [0.5, 0.6) is 5.75 Å². The standard InChI is InChI=1S/C21H30N2O4S/c1-28(25,26)23-15-12-18(13-16-23)27-20-10-6-5-9-19(20)21(24)22-14-11-17-7-3-2-4-8-17/h5-7,9-10,18H,2-4,8,11-16H2,1H3,(H,22,24). The van der Waals surface area contributed by atoms with E-state index in [1.54, 1.807) is 6.07 Å². The normalized spacial score (nSPS) is 19.1. The molecule has 1 fully saturated rings. The highest BCUT2D eigenvalue weighted by Crippen LogP contribution is 2.24. The van der Waals surface area contributed by atoms with Gasteiger partial charge in [0.25, 0.3) is 5.91 Å². The molecule has 1 aliphatic carbocycles. The maximum Gasteiger partial charge on any atom is 0.255 e. The second-order valence-corrected chi connectivity index (χ2v) is 9.57. The van der Waals surface area contributed by atoms with Crippen LogP contribution in [0.2, 0.25) is 0 Å². The Balaban J connectivity index is 1.54. The number of carbonyl (C=O) groups is 1. The van der Waals surface area contributed by atoms with E-state index in [1.807, 2.05) is 18.2 Å². The number of allylic oxidation sites excluding steroid dienone is 1. The molecule has 1 N–H and O–H groups in total. The van der Waals surface area contributed by atoms with Gasteiger partial charge < -0.3 is 10.1 Å². The molecule has 0 unspecified atom stereocenters. The first-order chi connectivity index (χ1) is 13.4.